The van der Waals surface area contributed by atoms with Crippen LogP contribution in [0.2, 0.25) is 0 Å². The van der Waals surface area contributed by atoms with Crippen LogP contribution in [0.3, 0.4) is 0 Å². The van der Waals surface area contributed by atoms with E-state index < -0.39 is 6.10 Å². The Bertz CT molecular complexity index is 348. The molecular weight excluding hydrogens is 212 g/mol. The fourth-order valence-corrected chi connectivity index (χ4v) is 2.54. The molecule has 1 aromatic rings. The van der Waals surface area contributed by atoms with Gasteiger partial charge in [-0.05, 0) is 37.8 Å². The Balaban J connectivity index is 1.99. The van der Waals surface area contributed by atoms with Gasteiger partial charge in [0.2, 0.25) is 0 Å². The number of hydrogen-bond donors (Lipinski definition) is 1. The van der Waals surface area contributed by atoms with E-state index in [0.29, 0.717) is 0 Å². The summed E-state index contributed by atoms with van der Waals surface area (Å²) in [5.74, 6) is 0.844. The highest BCUT2D eigenvalue weighted by molar-refractivity contribution is 5.45. The largest absolute Gasteiger partial charge is 0.387 e. The lowest BCUT2D eigenvalue weighted by atomic mass is 10.0. The summed E-state index contributed by atoms with van der Waals surface area (Å²) in [6.07, 6.45) is 5.31. The molecular formula is C14H22N2O. The first kappa shape index (κ1) is 12.4. The van der Waals surface area contributed by atoms with E-state index >= 15 is 0 Å². The molecule has 1 N–H and O–H groups in total. The standard InChI is InChI=1S/C14H22N2O/c1-3-4-12-7-8-16(10-12)13-5-6-14(11(2)17)15-9-13/h5-6,9,11-12,17H,3-4,7-8,10H2,1-2H3/t11-,12?/m0/s1. The molecule has 3 nitrogen and oxygen atoms in total. The minimum atomic E-state index is -0.476. The molecule has 1 fully saturated rings. The second-order valence-electron chi connectivity index (χ2n) is 5.01. The lowest BCUT2D eigenvalue weighted by molar-refractivity contribution is 0.194. The fourth-order valence-electron chi connectivity index (χ4n) is 2.54. The predicted molar refractivity (Wildman–Crippen MR) is 70.1 cm³/mol. The van der Waals surface area contributed by atoms with Gasteiger partial charge in [0.05, 0.1) is 23.7 Å². The lowest BCUT2D eigenvalue weighted by Gasteiger charge is -2.18. The van der Waals surface area contributed by atoms with Gasteiger partial charge >= 0.3 is 0 Å². The van der Waals surface area contributed by atoms with Crippen molar-refractivity contribution >= 4 is 5.69 Å². The third-order valence-corrected chi connectivity index (χ3v) is 3.55. The first-order chi connectivity index (χ1) is 8.20. The quantitative estimate of drug-likeness (QED) is 0.870. The smallest absolute Gasteiger partial charge is 0.0931 e. The molecule has 1 aliphatic heterocycles. The van der Waals surface area contributed by atoms with Gasteiger partial charge in [0.25, 0.3) is 0 Å². The van der Waals surface area contributed by atoms with Crippen molar-refractivity contribution in [2.45, 2.75) is 39.2 Å². The van der Waals surface area contributed by atoms with Gasteiger partial charge in [0, 0.05) is 13.1 Å². The fraction of sp³-hybridized carbons (Fsp3) is 0.643. The third kappa shape index (κ3) is 2.97. The first-order valence-corrected chi connectivity index (χ1v) is 6.59. The van der Waals surface area contributed by atoms with Crippen molar-refractivity contribution in [3.63, 3.8) is 0 Å². The molecule has 2 rings (SSSR count). The van der Waals surface area contributed by atoms with Gasteiger partial charge in [0.1, 0.15) is 0 Å². The summed E-state index contributed by atoms with van der Waals surface area (Å²) in [5, 5.41) is 9.42. The van der Waals surface area contributed by atoms with E-state index in [4.69, 9.17) is 0 Å². The zero-order chi connectivity index (χ0) is 12.3. The maximum atomic E-state index is 9.42. The zero-order valence-corrected chi connectivity index (χ0v) is 10.8. The van der Waals surface area contributed by atoms with Crippen LogP contribution in [-0.4, -0.2) is 23.2 Å². The Morgan fingerprint density at radius 2 is 2.35 bits per heavy atom. The second kappa shape index (κ2) is 5.50. The van der Waals surface area contributed by atoms with Gasteiger partial charge in [0.15, 0.2) is 0 Å². The summed E-state index contributed by atoms with van der Waals surface area (Å²) in [6, 6.07) is 4.00. The summed E-state index contributed by atoms with van der Waals surface area (Å²) in [7, 11) is 0. The summed E-state index contributed by atoms with van der Waals surface area (Å²) < 4.78 is 0. The summed E-state index contributed by atoms with van der Waals surface area (Å²) >= 11 is 0. The van der Waals surface area contributed by atoms with Crippen LogP contribution in [0.4, 0.5) is 5.69 Å². The monoisotopic (exact) mass is 234 g/mol. The van der Waals surface area contributed by atoms with Gasteiger partial charge in [-0.15, -0.1) is 0 Å². The molecule has 1 aromatic heterocycles. The highest BCUT2D eigenvalue weighted by Crippen LogP contribution is 2.26. The maximum absolute atomic E-state index is 9.42. The van der Waals surface area contributed by atoms with Gasteiger partial charge < -0.3 is 10.0 Å². The minimum Gasteiger partial charge on any atom is -0.387 e. The lowest BCUT2D eigenvalue weighted by Crippen LogP contribution is -2.19. The zero-order valence-electron chi connectivity index (χ0n) is 10.8. The Hall–Kier alpha value is -1.09. The van der Waals surface area contributed by atoms with E-state index in [1.165, 1.54) is 24.9 Å². The summed E-state index contributed by atoms with van der Waals surface area (Å²) in [5.41, 5.74) is 1.94. The van der Waals surface area contributed by atoms with Crippen LogP contribution in [0.1, 0.15) is 44.9 Å². The number of aliphatic hydroxyl groups is 1. The van der Waals surface area contributed by atoms with Crippen LogP contribution >= 0.6 is 0 Å². The molecule has 3 heteroatoms. The van der Waals surface area contributed by atoms with Crippen molar-refractivity contribution in [1.82, 2.24) is 4.98 Å². The highest BCUT2D eigenvalue weighted by atomic mass is 16.3. The van der Waals surface area contributed by atoms with Gasteiger partial charge in [-0.3, -0.25) is 4.98 Å². The van der Waals surface area contributed by atoms with E-state index in [1.54, 1.807) is 6.92 Å². The average molecular weight is 234 g/mol. The van der Waals surface area contributed by atoms with Crippen molar-refractivity contribution in [3.8, 4) is 0 Å². The Labute approximate surface area is 103 Å². The van der Waals surface area contributed by atoms with Crippen LogP contribution in [0, 0.1) is 5.92 Å². The molecule has 1 saturated heterocycles. The highest BCUT2D eigenvalue weighted by Gasteiger charge is 2.22. The predicted octanol–water partition coefficient (Wildman–Crippen LogP) is 2.76. The molecule has 0 aromatic carbocycles. The van der Waals surface area contributed by atoms with Gasteiger partial charge in [-0.2, -0.15) is 0 Å². The first-order valence-electron chi connectivity index (χ1n) is 6.59. The van der Waals surface area contributed by atoms with E-state index in [2.05, 4.69) is 22.9 Å². The average Bonchev–Trinajstić information content (AvgIpc) is 2.78. The van der Waals surface area contributed by atoms with Crippen molar-refractivity contribution in [2.75, 3.05) is 18.0 Å². The van der Waals surface area contributed by atoms with E-state index in [1.807, 2.05) is 12.3 Å². The topological polar surface area (TPSA) is 36.4 Å². The Morgan fingerprint density at radius 3 is 2.94 bits per heavy atom. The molecule has 1 unspecified atom stereocenters. The third-order valence-electron chi connectivity index (χ3n) is 3.55. The molecule has 0 saturated carbocycles. The van der Waals surface area contributed by atoms with E-state index in [9.17, 15) is 5.11 Å². The molecule has 0 spiro atoms. The number of nitrogens with zero attached hydrogens (tertiary/aromatic N) is 2. The molecule has 0 bridgehead atoms. The van der Waals surface area contributed by atoms with Crippen LogP contribution in [0.15, 0.2) is 18.3 Å². The van der Waals surface area contributed by atoms with Crippen molar-refractivity contribution in [1.29, 1.82) is 0 Å². The molecule has 2 heterocycles. The summed E-state index contributed by atoms with van der Waals surface area (Å²) in [4.78, 5) is 6.70. The van der Waals surface area contributed by atoms with Crippen LogP contribution in [0.5, 0.6) is 0 Å². The molecule has 2 atom stereocenters. The van der Waals surface area contributed by atoms with Gasteiger partial charge in [-0.1, -0.05) is 13.3 Å². The number of pyridine rings is 1. The number of rotatable bonds is 4. The number of anilines is 1. The number of aromatic nitrogens is 1. The minimum absolute atomic E-state index is 0.476. The van der Waals surface area contributed by atoms with E-state index in [0.717, 1.165) is 24.7 Å². The van der Waals surface area contributed by atoms with Gasteiger partial charge in [-0.25, -0.2) is 0 Å². The number of aliphatic hydroxyl groups excluding tert-OH is 1. The maximum Gasteiger partial charge on any atom is 0.0931 e. The summed E-state index contributed by atoms with van der Waals surface area (Å²) in [6.45, 7) is 6.29. The second-order valence-corrected chi connectivity index (χ2v) is 5.01. The van der Waals surface area contributed by atoms with Crippen molar-refractivity contribution < 1.29 is 5.11 Å². The molecule has 0 aliphatic carbocycles. The van der Waals surface area contributed by atoms with E-state index in [-0.39, 0.29) is 0 Å². The molecule has 0 amide bonds. The van der Waals surface area contributed by atoms with Crippen molar-refractivity contribution in [2.24, 2.45) is 5.92 Å². The Kier molecular flexibility index (Phi) is 4.00. The molecule has 17 heavy (non-hydrogen) atoms. The molecule has 94 valence electrons. The van der Waals surface area contributed by atoms with Crippen LogP contribution in [-0.2, 0) is 0 Å². The normalized spacial score (nSPS) is 21.8. The van der Waals surface area contributed by atoms with Crippen LogP contribution in [0.25, 0.3) is 0 Å². The van der Waals surface area contributed by atoms with Crippen molar-refractivity contribution in [3.05, 3.63) is 24.0 Å². The van der Waals surface area contributed by atoms with Crippen LogP contribution < -0.4 is 4.90 Å². The SMILES string of the molecule is CCCC1CCN(c2ccc([C@H](C)O)nc2)C1. The molecule has 1 aliphatic rings. The molecule has 0 radical (unpaired) electrons. The Morgan fingerprint density at radius 1 is 1.53 bits per heavy atom. The number of hydrogen-bond acceptors (Lipinski definition) is 3.